The molecule has 0 saturated carbocycles. The van der Waals surface area contributed by atoms with Crippen LogP contribution >= 0.6 is 0 Å². The Morgan fingerprint density at radius 3 is 2.73 bits per heavy atom. The van der Waals surface area contributed by atoms with Crippen molar-refractivity contribution in [3.8, 4) is 22.8 Å². The predicted octanol–water partition coefficient (Wildman–Crippen LogP) is 3.15. The summed E-state index contributed by atoms with van der Waals surface area (Å²) in [5.74, 6) is 0.399. The van der Waals surface area contributed by atoms with Crippen LogP contribution in [0.4, 0.5) is 0 Å². The maximum absolute atomic E-state index is 12.9. The van der Waals surface area contributed by atoms with E-state index < -0.39 is 5.97 Å². The fourth-order valence-electron chi connectivity index (χ4n) is 3.89. The molecule has 33 heavy (non-hydrogen) atoms. The molecule has 1 aliphatic heterocycles. The number of aromatic nitrogens is 3. The zero-order valence-corrected chi connectivity index (χ0v) is 18.3. The van der Waals surface area contributed by atoms with Crippen LogP contribution in [-0.2, 0) is 11.3 Å². The van der Waals surface area contributed by atoms with E-state index in [0.29, 0.717) is 48.0 Å². The van der Waals surface area contributed by atoms with Crippen LogP contribution in [0.15, 0.2) is 47.4 Å². The molecule has 1 aliphatic rings. The molecular formula is C24H26N4O5. The standard InChI is InChI=1S/C22H22N4O3.C2H4O2/c23-9-3-4-10-26-13-15(14-5-1-2-6-17(14)26)19-22(27)24-16-7-8-18-21(20(16)25-19)29-12-11-28-18;1-2(3)4/h1-2,5-8,13H,3-4,9-12,23H2,(H,24,27);1H3,(H,3,4). The van der Waals surface area contributed by atoms with Crippen LogP contribution in [-0.4, -0.2) is 45.4 Å². The number of hydrogen-bond acceptors (Lipinski definition) is 6. The lowest BCUT2D eigenvalue weighted by Gasteiger charge is -2.19. The summed E-state index contributed by atoms with van der Waals surface area (Å²) in [6.45, 7) is 3.56. The molecule has 0 radical (unpaired) electrons. The third-order valence-electron chi connectivity index (χ3n) is 5.27. The summed E-state index contributed by atoms with van der Waals surface area (Å²) < 4.78 is 13.6. The Bertz CT molecular complexity index is 1350. The number of carboxylic acid groups (broad SMARTS) is 1. The molecule has 172 valence electrons. The van der Waals surface area contributed by atoms with Gasteiger partial charge in [-0.3, -0.25) is 9.59 Å². The molecule has 0 aliphatic carbocycles. The van der Waals surface area contributed by atoms with Crippen molar-refractivity contribution in [2.45, 2.75) is 26.3 Å². The number of para-hydroxylation sites is 1. The monoisotopic (exact) mass is 450 g/mol. The number of nitrogens with two attached hydrogens (primary N) is 1. The Balaban J connectivity index is 0.000000601. The second-order valence-electron chi connectivity index (χ2n) is 7.67. The summed E-state index contributed by atoms with van der Waals surface area (Å²) >= 11 is 0. The summed E-state index contributed by atoms with van der Waals surface area (Å²) in [6.07, 6.45) is 3.95. The molecule has 0 amide bonds. The van der Waals surface area contributed by atoms with Crippen molar-refractivity contribution in [2.75, 3.05) is 19.8 Å². The number of aliphatic carboxylic acids is 1. The van der Waals surface area contributed by atoms with Crippen molar-refractivity contribution in [3.05, 3.63) is 52.9 Å². The number of aromatic amines is 1. The molecule has 4 N–H and O–H groups in total. The van der Waals surface area contributed by atoms with E-state index >= 15 is 0 Å². The lowest BCUT2D eigenvalue weighted by Crippen LogP contribution is -2.17. The van der Waals surface area contributed by atoms with Crippen molar-refractivity contribution in [1.29, 1.82) is 0 Å². The number of aryl methyl sites for hydroxylation is 1. The highest BCUT2D eigenvalue weighted by Gasteiger charge is 2.20. The van der Waals surface area contributed by atoms with Crippen LogP contribution in [0.25, 0.3) is 33.2 Å². The quantitative estimate of drug-likeness (QED) is 0.398. The first-order valence-electron chi connectivity index (χ1n) is 10.8. The average molecular weight is 450 g/mol. The maximum Gasteiger partial charge on any atom is 0.300 e. The van der Waals surface area contributed by atoms with E-state index in [-0.39, 0.29) is 5.56 Å². The molecule has 4 aromatic rings. The number of fused-ring (bicyclic) bond motifs is 4. The van der Waals surface area contributed by atoms with Crippen molar-refractivity contribution in [1.82, 2.24) is 14.5 Å². The number of carboxylic acids is 1. The zero-order chi connectivity index (χ0) is 23.4. The number of unbranched alkanes of at least 4 members (excludes halogenated alkanes) is 1. The second-order valence-corrected chi connectivity index (χ2v) is 7.67. The van der Waals surface area contributed by atoms with E-state index in [0.717, 1.165) is 42.8 Å². The van der Waals surface area contributed by atoms with Crippen LogP contribution in [0.2, 0.25) is 0 Å². The number of hydrogen-bond donors (Lipinski definition) is 3. The summed E-state index contributed by atoms with van der Waals surface area (Å²) in [5.41, 5.74) is 8.94. The van der Waals surface area contributed by atoms with Gasteiger partial charge < -0.3 is 29.9 Å². The number of carbonyl (C=O) groups is 1. The average Bonchev–Trinajstić information content (AvgIpc) is 3.17. The van der Waals surface area contributed by atoms with Crippen molar-refractivity contribution in [3.63, 3.8) is 0 Å². The van der Waals surface area contributed by atoms with E-state index in [4.69, 9.17) is 30.1 Å². The number of nitrogens with one attached hydrogen (secondary N) is 1. The summed E-state index contributed by atoms with van der Waals surface area (Å²) in [5, 5.41) is 8.42. The number of H-pyrrole nitrogens is 1. The Hall–Kier alpha value is -3.85. The smallest absolute Gasteiger partial charge is 0.300 e. The SMILES string of the molecule is CC(=O)O.NCCCCn1cc(-c2nc3c4c(ccc3[nH]c2=O)OCCO4)c2ccccc21. The first kappa shape index (κ1) is 22.3. The fourth-order valence-corrected chi connectivity index (χ4v) is 3.89. The normalized spacial score (nSPS) is 12.4. The second kappa shape index (κ2) is 9.74. The van der Waals surface area contributed by atoms with Crippen LogP contribution in [0, 0.1) is 0 Å². The van der Waals surface area contributed by atoms with Crippen LogP contribution in [0.1, 0.15) is 19.8 Å². The molecule has 2 aromatic carbocycles. The fraction of sp³-hybridized carbons (Fsp3) is 0.292. The van der Waals surface area contributed by atoms with Crippen molar-refractivity contribution in [2.24, 2.45) is 5.73 Å². The molecule has 3 heterocycles. The first-order chi connectivity index (χ1) is 16.0. The molecular weight excluding hydrogens is 424 g/mol. The molecule has 0 saturated heterocycles. The number of ether oxygens (including phenoxy) is 2. The van der Waals surface area contributed by atoms with Crippen molar-refractivity contribution < 1.29 is 19.4 Å². The maximum atomic E-state index is 12.9. The Kier molecular flexibility index (Phi) is 6.60. The van der Waals surface area contributed by atoms with Gasteiger partial charge in [-0.25, -0.2) is 4.98 Å². The Morgan fingerprint density at radius 1 is 1.18 bits per heavy atom. The summed E-state index contributed by atoms with van der Waals surface area (Å²) in [7, 11) is 0. The Labute approximate surface area is 189 Å². The third kappa shape index (κ3) is 4.68. The Morgan fingerprint density at radius 2 is 1.94 bits per heavy atom. The minimum atomic E-state index is -0.833. The molecule has 9 nitrogen and oxygen atoms in total. The van der Waals surface area contributed by atoms with Gasteiger partial charge in [-0.15, -0.1) is 0 Å². The van der Waals surface area contributed by atoms with E-state index in [1.54, 1.807) is 12.1 Å². The van der Waals surface area contributed by atoms with Gasteiger partial charge >= 0.3 is 0 Å². The molecule has 0 atom stereocenters. The first-order valence-corrected chi connectivity index (χ1v) is 10.8. The topological polar surface area (TPSA) is 132 Å². The van der Waals surface area contributed by atoms with Gasteiger partial charge in [0, 0.05) is 36.1 Å². The van der Waals surface area contributed by atoms with Gasteiger partial charge in [0.05, 0.1) is 5.52 Å². The predicted molar refractivity (Wildman–Crippen MR) is 126 cm³/mol. The van der Waals surface area contributed by atoms with Crippen molar-refractivity contribution >= 4 is 27.9 Å². The molecule has 0 bridgehead atoms. The molecule has 5 rings (SSSR count). The highest BCUT2D eigenvalue weighted by molar-refractivity contribution is 5.96. The van der Waals surface area contributed by atoms with Gasteiger partial charge in [-0.1, -0.05) is 18.2 Å². The number of benzene rings is 2. The molecule has 9 heteroatoms. The van der Waals surface area contributed by atoms with E-state index in [1.807, 2.05) is 24.4 Å². The highest BCUT2D eigenvalue weighted by Crippen LogP contribution is 2.37. The van der Waals surface area contributed by atoms with Gasteiger partial charge in [0.25, 0.3) is 11.5 Å². The molecule has 0 fully saturated rings. The minimum Gasteiger partial charge on any atom is -0.486 e. The van der Waals surface area contributed by atoms with Gasteiger partial charge in [0.1, 0.15) is 24.4 Å². The van der Waals surface area contributed by atoms with Crippen LogP contribution in [0.5, 0.6) is 11.5 Å². The molecule has 2 aromatic heterocycles. The number of rotatable bonds is 5. The summed E-state index contributed by atoms with van der Waals surface area (Å²) in [4.78, 5) is 29.6. The minimum absolute atomic E-state index is 0.223. The van der Waals surface area contributed by atoms with E-state index in [9.17, 15) is 4.79 Å². The van der Waals surface area contributed by atoms with Gasteiger partial charge in [-0.05, 0) is 37.6 Å². The summed E-state index contributed by atoms with van der Waals surface area (Å²) in [6, 6.07) is 11.7. The largest absolute Gasteiger partial charge is 0.486 e. The lowest BCUT2D eigenvalue weighted by molar-refractivity contribution is -0.134. The molecule has 0 unspecified atom stereocenters. The third-order valence-corrected chi connectivity index (χ3v) is 5.27. The molecule has 0 spiro atoms. The lowest BCUT2D eigenvalue weighted by atomic mass is 10.1. The van der Waals surface area contributed by atoms with Gasteiger partial charge in [0.15, 0.2) is 11.5 Å². The highest BCUT2D eigenvalue weighted by atomic mass is 16.6. The van der Waals surface area contributed by atoms with Crippen LogP contribution < -0.4 is 20.8 Å². The number of nitrogens with zero attached hydrogens (tertiary/aromatic N) is 2. The zero-order valence-electron chi connectivity index (χ0n) is 18.3. The van der Waals surface area contributed by atoms with Gasteiger partial charge in [-0.2, -0.15) is 0 Å². The van der Waals surface area contributed by atoms with Crippen LogP contribution in [0.3, 0.4) is 0 Å². The van der Waals surface area contributed by atoms with E-state index in [1.165, 1.54) is 0 Å². The van der Waals surface area contributed by atoms with Gasteiger partial charge in [0.2, 0.25) is 0 Å². The van der Waals surface area contributed by atoms with E-state index in [2.05, 4.69) is 15.6 Å².